The maximum atomic E-state index is 12.3. The first-order chi connectivity index (χ1) is 10.8. The van der Waals surface area contributed by atoms with Crippen LogP contribution in [-0.4, -0.2) is 71.3 Å². The summed E-state index contributed by atoms with van der Waals surface area (Å²) in [6, 6.07) is 1.86. The molecule has 1 fully saturated rings. The summed E-state index contributed by atoms with van der Waals surface area (Å²) in [5, 5.41) is 7.45. The first kappa shape index (κ1) is 17.9. The van der Waals surface area contributed by atoms with E-state index < -0.39 is 0 Å². The molecule has 1 N–H and O–H groups in total. The van der Waals surface area contributed by atoms with Crippen LogP contribution in [0, 0.1) is 6.92 Å². The molecule has 0 bridgehead atoms. The number of rotatable bonds is 5. The van der Waals surface area contributed by atoms with E-state index in [0.717, 1.165) is 45.0 Å². The number of nitrogens with zero attached hydrogens (tertiary/aromatic N) is 4. The van der Waals surface area contributed by atoms with Gasteiger partial charge in [-0.05, 0) is 40.3 Å². The van der Waals surface area contributed by atoms with Gasteiger partial charge in [-0.1, -0.05) is 6.92 Å². The molecule has 23 heavy (non-hydrogen) atoms. The largest absolute Gasteiger partial charge is 0.349 e. The Morgan fingerprint density at radius 3 is 2.35 bits per heavy atom. The molecule has 0 aromatic carbocycles. The third-order valence-corrected chi connectivity index (χ3v) is 4.38. The molecule has 1 saturated heterocycles. The highest BCUT2D eigenvalue weighted by molar-refractivity contribution is 5.92. The minimum absolute atomic E-state index is 0.0803. The number of hydrogen-bond acceptors (Lipinski definition) is 4. The average molecular weight is 321 g/mol. The van der Waals surface area contributed by atoms with Crippen molar-refractivity contribution in [1.82, 2.24) is 24.9 Å². The number of aromatic nitrogens is 2. The zero-order valence-corrected chi connectivity index (χ0v) is 15.2. The zero-order chi connectivity index (χ0) is 17.0. The molecule has 1 aliphatic heterocycles. The Labute approximate surface area is 139 Å². The molecule has 6 heteroatoms. The lowest BCUT2D eigenvalue weighted by molar-refractivity contribution is 0.0931. The van der Waals surface area contributed by atoms with Crippen LogP contribution in [0.25, 0.3) is 0 Å². The molecule has 0 atom stereocenters. The maximum absolute atomic E-state index is 12.3. The minimum atomic E-state index is -0.110. The monoisotopic (exact) mass is 321 g/mol. The normalized spacial score (nSPS) is 17.4. The third-order valence-electron chi connectivity index (χ3n) is 4.38. The number of carbonyl (C=O) groups is 1. The summed E-state index contributed by atoms with van der Waals surface area (Å²) < 4.78 is 1.91. The van der Waals surface area contributed by atoms with E-state index in [4.69, 9.17) is 0 Å². The van der Waals surface area contributed by atoms with Crippen LogP contribution in [0.1, 0.15) is 43.9 Å². The molecule has 0 aliphatic carbocycles. The first-order valence-electron chi connectivity index (χ1n) is 8.61. The van der Waals surface area contributed by atoms with Crippen molar-refractivity contribution in [3.8, 4) is 0 Å². The van der Waals surface area contributed by atoms with Crippen molar-refractivity contribution in [3.63, 3.8) is 0 Å². The SMILES string of the molecule is CCN1CCN(CCNC(=O)c2cc(C)n(C(C)(C)C)n2)CC1. The Bertz CT molecular complexity index is 524. The quantitative estimate of drug-likeness (QED) is 0.888. The molecule has 1 aliphatic rings. The second-order valence-electron chi connectivity index (χ2n) is 7.29. The fourth-order valence-electron chi connectivity index (χ4n) is 3.01. The van der Waals surface area contributed by atoms with Gasteiger partial charge in [-0.15, -0.1) is 0 Å². The van der Waals surface area contributed by atoms with Gasteiger partial charge in [-0.2, -0.15) is 5.10 Å². The van der Waals surface area contributed by atoms with Gasteiger partial charge in [0, 0.05) is 45.0 Å². The summed E-state index contributed by atoms with van der Waals surface area (Å²) in [7, 11) is 0. The van der Waals surface area contributed by atoms with Gasteiger partial charge in [0.2, 0.25) is 0 Å². The van der Waals surface area contributed by atoms with Crippen molar-refractivity contribution >= 4 is 5.91 Å². The molecule has 0 unspecified atom stereocenters. The average Bonchev–Trinajstić information content (AvgIpc) is 2.90. The molecule has 0 radical (unpaired) electrons. The van der Waals surface area contributed by atoms with Crippen molar-refractivity contribution in [2.24, 2.45) is 0 Å². The molecular weight excluding hydrogens is 290 g/mol. The van der Waals surface area contributed by atoms with Gasteiger partial charge in [0.1, 0.15) is 5.69 Å². The molecular formula is C17H31N5O. The summed E-state index contributed by atoms with van der Waals surface area (Å²) in [5.74, 6) is -0.0803. The van der Waals surface area contributed by atoms with E-state index in [1.165, 1.54) is 0 Å². The summed E-state index contributed by atoms with van der Waals surface area (Å²) in [4.78, 5) is 17.1. The zero-order valence-electron chi connectivity index (χ0n) is 15.2. The number of aryl methyl sites for hydroxylation is 1. The van der Waals surface area contributed by atoms with Gasteiger partial charge >= 0.3 is 0 Å². The van der Waals surface area contributed by atoms with Crippen molar-refractivity contribution in [1.29, 1.82) is 0 Å². The summed E-state index contributed by atoms with van der Waals surface area (Å²) in [6.07, 6.45) is 0. The molecule has 2 heterocycles. The number of piperazine rings is 1. The number of nitrogens with one attached hydrogen (secondary N) is 1. The van der Waals surface area contributed by atoms with Crippen LogP contribution in [-0.2, 0) is 5.54 Å². The lowest BCUT2D eigenvalue weighted by Crippen LogP contribution is -2.48. The highest BCUT2D eigenvalue weighted by Gasteiger charge is 2.20. The van der Waals surface area contributed by atoms with Crippen LogP contribution in [0.15, 0.2) is 6.07 Å². The molecule has 1 aromatic heterocycles. The van der Waals surface area contributed by atoms with Crippen molar-refractivity contribution in [2.75, 3.05) is 45.8 Å². The first-order valence-corrected chi connectivity index (χ1v) is 8.61. The Morgan fingerprint density at radius 2 is 1.83 bits per heavy atom. The number of amides is 1. The van der Waals surface area contributed by atoms with Gasteiger partial charge < -0.3 is 10.2 Å². The van der Waals surface area contributed by atoms with Crippen LogP contribution in [0.5, 0.6) is 0 Å². The van der Waals surface area contributed by atoms with Crippen molar-refractivity contribution in [2.45, 2.75) is 40.2 Å². The van der Waals surface area contributed by atoms with Crippen LogP contribution < -0.4 is 5.32 Å². The van der Waals surface area contributed by atoms with Crippen LogP contribution in [0.2, 0.25) is 0 Å². The molecule has 1 amide bonds. The highest BCUT2D eigenvalue weighted by Crippen LogP contribution is 2.16. The molecule has 6 nitrogen and oxygen atoms in total. The van der Waals surface area contributed by atoms with Crippen molar-refractivity contribution < 1.29 is 4.79 Å². The Morgan fingerprint density at radius 1 is 1.22 bits per heavy atom. The second kappa shape index (κ2) is 7.45. The summed E-state index contributed by atoms with van der Waals surface area (Å²) in [6.45, 7) is 17.6. The lowest BCUT2D eigenvalue weighted by Gasteiger charge is -2.33. The van der Waals surface area contributed by atoms with E-state index in [9.17, 15) is 4.79 Å². The molecule has 130 valence electrons. The summed E-state index contributed by atoms with van der Waals surface area (Å²) >= 11 is 0. The molecule has 0 saturated carbocycles. The van der Waals surface area contributed by atoms with Gasteiger partial charge in [0.15, 0.2) is 0 Å². The van der Waals surface area contributed by atoms with Gasteiger partial charge in [0.05, 0.1) is 5.54 Å². The smallest absolute Gasteiger partial charge is 0.271 e. The van der Waals surface area contributed by atoms with Gasteiger partial charge in [-0.25, -0.2) is 0 Å². The Kier molecular flexibility index (Phi) is 5.81. The standard InChI is InChI=1S/C17H31N5O/c1-6-20-9-11-21(12-10-20)8-7-18-16(23)15-13-14(2)22(19-15)17(3,4)5/h13H,6-12H2,1-5H3,(H,18,23). The molecule has 1 aromatic rings. The third kappa shape index (κ3) is 4.78. The van der Waals surface area contributed by atoms with Gasteiger partial charge in [-0.3, -0.25) is 14.4 Å². The van der Waals surface area contributed by atoms with E-state index in [2.05, 4.69) is 47.9 Å². The molecule has 0 spiro atoms. The predicted octanol–water partition coefficient (Wildman–Crippen LogP) is 1.31. The fourth-order valence-corrected chi connectivity index (χ4v) is 3.01. The highest BCUT2D eigenvalue weighted by atomic mass is 16.1. The van der Waals surface area contributed by atoms with Crippen molar-refractivity contribution in [3.05, 3.63) is 17.5 Å². The Balaban J connectivity index is 1.79. The van der Waals surface area contributed by atoms with Crippen LogP contribution >= 0.6 is 0 Å². The number of hydrogen-bond donors (Lipinski definition) is 1. The summed E-state index contributed by atoms with van der Waals surface area (Å²) in [5.41, 5.74) is 1.41. The molecule has 2 rings (SSSR count). The van der Waals surface area contributed by atoms with Crippen LogP contribution in [0.4, 0.5) is 0 Å². The van der Waals surface area contributed by atoms with E-state index in [1.54, 1.807) is 0 Å². The number of likely N-dealkylation sites (N-methyl/N-ethyl adjacent to an activating group) is 1. The maximum Gasteiger partial charge on any atom is 0.271 e. The van der Waals surface area contributed by atoms with E-state index in [1.807, 2.05) is 17.7 Å². The number of carbonyl (C=O) groups excluding carboxylic acids is 1. The van der Waals surface area contributed by atoms with Gasteiger partial charge in [0.25, 0.3) is 5.91 Å². The predicted molar refractivity (Wildman–Crippen MR) is 92.8 cm³/mol. The Hall–Kier alpha value is -1.40. The second-order valence-corrected chi connectivity index (χ2v) is 7.29. The minimum Gasteiger partial charge on any atom is -0.349 e. The van der Waals surface area contributed by atoms with E-state index in [-0.39, 0.29) is 11.4 Å². The van der Waals surface area contributed by atoms with E-state index in [0.29, 0.717) is 12.2 Å². The fraction of sp³-hybridized carbons (Fsp3) is 0.765. The topological polar surface area (TPSA) is 53.4 Å². The van der Waals surface area contributed by atoms with E-state index >= 15 is 0 Å². The van der Waals surface area contributed by atoms with Crippen LogP contribution in [0.3, 0.4) is 0 Å². The lowest BCUT2D eigenvalue weighted by atomic mass is 10.1.